The number of carbonyl (C=O) groups is 1. The molecule has 186 valence electrons. The van der Waals surface area contributed by atoms with Gasteiger partial charge in [-0.1, -0.05) is 12.1 Å². The quantitative estimate of drug-likeness (QED) is 0.671. The summed E-state index contributed by atoms with van der Waals surface area (Å²) in [7, 11) is -1.44. The summed E-state index contributed by atoms with van der Waals surface area (Å²) >= 11 is 0. The Morgan fingerprint density at radius 2 is 1.97 bits per heavy atom. The van der Waals surface area contributed by atoms with Gasteiger partial charge in [-0.2, -0.15) is 5.10 Å². The van der Waals surface area contributed by atoms with Gasteiger partial charge in [-0.25, -0.2) is 13.2 Å². The number of urea groups is 1. The molecule has 4 unspecified atom stereocenters. The number of anilines is 1. The molecule has 2 aromatic rings. The van der Waals surface area contributed by atoms with E-state index in [1.165, 1.54) is 4.31 Å². The highest BCUT2D eigenvalue weighted by Crippen LogP contribution is 2.37. The molecule has 4 rings (SSSR count). The molecular formula is C24H35N5O4S. The first-order valence-corrected chi connectivity index (χ1v) is 13.4. The van der Waals surface area contributed by atoms with E-state index in [0.29, 0.717) is 18.7 Å². The van der Waals surface area contributed by atoms with Crippen molar-refractivity contribution in [3.8, 4) is 0 Å². The minimum atomic E-state index is -3.21. The Morgan fingerprint density at radius 1 is 1.26 bits per heavy atom. The minimum absolute atomic E-state index is 0.0256. The molecule has 34 heavy (non-hydrogen) atoms. The lowest BCUT2D eigenvalue weighted by molar-refractivity contribution is -0.132. The predicted molar refractivity (Wildman–Crippen MR) is 131 cm³/mol. The van der Waals surface area contributed by atoms with Gasteiger partial charge in [0.1, 0.15) is 0 Å². The molecule has 0 radical (unpaired) electrons. The van der Waals surface area contributed by atoms with Crippen LogP contribution in [-0.4, -0.2) is 66.2 Å². The molecule has 1 N–H and O–H groups in total. The second-order valence-corrected chi connectivity index (χ2v) is 12.2. The third kappa shape index (κ3) is 5.07. The van der Waals surface area contributed by atoms with Crippen LogP contribution in [0.1, 0.15) is 58.2 Å². The number of sulfonamides is 1. The number of aromatic nitrogens is 2. The minimum Gasteiger partial charge on any atom is -0.370 e. The first-order valence-electron chi connectivity index (χ1n) is 11.8. The van der Waals surface area contributed by atoms with Crippen LogP contribution in [0.5, 0.6) is 0 Å². The zero-order chi connectivity index (χ0) is 24.7. The summed E-state index contributed by atoms with van der Waals surface area (Å²) in [6.45, 7) is 8.55. The molecule has 10 heteroatoms. The van der Waals surface area contributed by atoms with Crippen LogP contribution in [0.3, 0.4) is 0 Å². The van der Waals surface area contributed by atoms with Gasteiger partial charge in [0.25, 0.3) is 0 Å². The van der Waals surface area contributed by atoms with Gasteiger partial charge in [-0.05, 0) is 64.3 Å². The molecule has 1 saturated carbocycles. The van der Waals surface area contributed by atoms with Crippen molar-refractivity contribution in [2.24, 2.45) is 0 Å². The van der Waals surface area contributed by atoms with Crippen molar-refractivity contribution in [3.05, 3.63) is 48.3 Å². The van der Waals surface area contributed by atoms with E-state index < -0.39 is 10.0 Å². The van der Waals surface area contributed by atoms with Crippen molar-refractivity contribution in [2.75, 3.05) is 23.7 Å². The number of rotatable bonds is 6. The fraction of sp³-hybridized carbons (Fsp3) is 0.583. The van der Waals surface area contributed by atoms with Gasteiger partial charge in [-0.3, -0.25) is 8.99 Å². The first kappa shape index (κ1) is 24.5. The van der Waals surface area contributed by atoms with Crippen LogP contribution in [0.25, 0.3) is 0 Å². The molecule has 1 aliphatic heterocycles. The van der Waals surface area contributed by atoms with Gasteiger partial charge in [0, 0.05) is 26.0 Å². The second kappa shape index (κ2) is 9.22. The molecule has 0 bridgehead atoms. The van der Waals surface area contributed by atoms with Crippen LogP contribution < -0.4 is 9.62 Å². The average molecular weight is 490 g/mol. The van der Waals surface area contributed by atoms with Crippen molar-refractivity contribution in [2.45, 2.75) is 70.4 Å². The standard InChI is InChI=1S/C24H35N5O4S/c1-17(18-8-10-19(11-9-18)29-14-7-15-34(29,31)32)27(5)23(30)26-20-16-21(33-24(2,3)4)22(20)28-13-6-12-25-28/h6,8-13,17,20-22H,7,14-16H2,1-5H3,(H,26,30). The first-order chi connectivity index (χ1) is 16.0. The fourth-order valence-corrected chi connectivity index (χ4v) is 6.19. The van der Waals surface area contributed by atoms with E-state index in [-0.39, 0.29) is 41.6 Å². The number of benzene rings is 1. The maximum Gasteiger partial charge on any atom is 0.317 e. The maximum absolute atomic E-state index is 13.1. The average Bonchev–Trinajstić information content (AvgIpc) is 3.39. The Hall–Kier alpha value is -2.59. The SMILES string of the molecule is CC(c1ccc(N2CCCS2(=O)=O)cc1)N(C)C(=O)NC1CC(OC(C)(C)C)C1n1cccn1. The molecule has 1 aromatic heterocycles. The number of ether oxygens (including phenoxy) is 1. The Bertz CT molecular complexity index is 1100. The molecule has 4 atom stereocenters. The van der Waals surface area contributed by atoms with Crippen LogP contribution in [0.15, 0.2) is 42.7 Å². The van der Waals surface area contributed by atoms with E-state index in [0.717, 1.165) is 12.0 Å². The van der Waals surface area contributed by atoms with E-state index in [2.05, 4.69) is 10.4 Å². The molecule has 1 aromatic carbocycles. The van der Waals surface area contributed by atoms with Crippen molar-refractivity contribution in [3.63, 3.8) is 0 Å². The number of nitrogens with zero attached hydrogens (tertiary/aromatic N) is 4. The normalized spacial score (nSPS) is 25.0. The third-order valence-corrected chi connectivity index (χ3v) is 8.46. The number of carbonyl (C=O) groups excluding carboxylic acids is 1. The van der Waals surface area contributed by atoms with E-state index in [9.17, 15) is 13.2 Å². The summed E-state index contributed by atoms with van der Waals surface area (Å²) < 4.78 is 33.9. The molecular weight excluding hydrogens is 454 g/mol. The summed E-state index contributed by atoms with van der Waals surface area (Å²) in [4.78, 5) is 14.8. The smallest absolute Gasteiger partial charge is 0.317 e. The van der Waals surface area contributed by atoms with Crippen molar-refractivity contribution >= 4 is 21.7 Å². The highest BCUT2D eigenvalue weighted by molar-refractivity contribution is 7.93. The largest absolute Gasteiger partial charge is 0.370 e. The summed E-state index contributed by atoms with van der Waals surface area (Å²) in [5, 5.41) is 7.53. The number of nitrogens with one attached hydrogen (secondary N) is 1. The lowest BCUT2D eigenvalue weighted by Gasteiger charge is -2.47. The van der Waals surface area contributed by atoms with E-state index in [1.54, 1.807) is 18.1 Å². The molecule has 0 spiro atoms. The second-order valence-electron chi connectivity index (χ2n) is 10.2. The maximum atomic E-state index is 13.1. The Balaban J connectivity index is 1.40. The van der Waals surface area contributed by atoms with Gasteiger partial charge < -0.3 is 15.0 Å². The van der Waals surface area contributed by atoms with Crippen molar-refractivity contribution < 1.29 is 17.9 Å². The summed E-state index contributed by atoms with van der Waals surface area (Å²) in [6, 6.07) is 8.77. The van der Waals surface area contributed by atoms with Crippen LogP contribution in [0, 0.1) is 0 Å². The number of hydrogen-bond acceptors (Lipinski definition) is 5. The third-order valence-electron chi connectivity index (χ3n) is 6.59. The monoisotopic (exact) mass is 489 g/mol. The highest BCUT2D eigenvalue weighted by atomic mass is 32.2. The molecule has 2 amide bonds. The van der Waals surface area contributed by atoms with Gasteiger partial charge >= 0.3 is 6.03 Å². The lowest BCUT2D eigenvalue weighted by Crippen LogP contribution is -2.60. The molecule has 1 aliphatic carbocycles. The fourth-order valence-electron chi connectivity index (χ4n) is 4.63. The molecule has 2 aliphatic rings. The topological polar surface area (TPSA) is 96.8 Å². The summed E-state index contributed by atoms with van der Waals surface area (Å²) in [5.74, 6) is 0.191. The van der Waals surface area contributed by atoms with Crippen molar-refractivity contribution in [1.29, 1.82) is 0 Å². The predicted octanol–water partition coefficient (Wildman–Crippen LogP) is 3.32. The zero-order valence-corrected chi connectivity index (χ0v) is 21.3. The van der Waals surface area contributed by atoms with Crippen LogP contribution in [-0.2, 0) is 14.8 Å². The van der Waals surface area contributed by atoms with Gasteiger partial charge in [-0.15, -0.1) is 0 Å². The van der Waals surface area contributed by atoms with Crippen LogP contribution in [0.4, 0.5) is 10.5 Å². The Morgan fingerprint density at radius 3 is 2.53 bits per heavy atom. The van der Waals surface area contributed by atoms with Crippen LogP contribution >= 0.6 is 0 Å². The number of amides is 2. The van der Waals surface area contributed by atoms with E-state index in [1.807, 2.05) is 68.9 Å². The highest BCUT2D eigenvalue weighted by Gasteiger charge is 2.46. The van der Waals surface area contributed by atoms with Gasteiger partial charge in [0.05, 0.1) is 41.3 Å². The summed E-state index contributed by atoms with van der Waals surface area (Å²) in [6.07, 6.45) is 4.97. The Kier molecular flexibility index (Phi) is 6.65. The molecule has 1 saturated heterocycles. The zero-order valence-electron chi connectivity index (χ0n) is 20.5. The molecule has 9 nitrogen and oxygen atoms in total. The molecule has 2 heterocycles. The van der Waals surface area contributed by atoms with E-state index >= 15 is 0 Å². The Labute approximate surface area is 202 Å². The van der Waals surface area contributed by atoms with Crippen molar-refractivity contribution in [1.82, 2.24) is 20.0 Å². The molecule has 2 fully saturated rings. The number of hydrogen-bond donors (Lipinski definition) is 1. The van der Waals surface area contributed by atoms with Crippen LogP contribution in [0.2, 0.25) is 0 Å². The van der Waals surface area contributed by atoms with Gasteiger partial charge in [0.15, 0.2) is 0 Å². The van der Waals surface area contributed by atoms with E-state index in [4.69, 9.17) is 4.74 Å². The van der Waals surface area contributed by atoms with Gasteiger partial charge in [0.2, 0.25) is 10.0 Å². The summed E-state index contributed by atoms with van der Waals surface area (Å²) in [5.41, 5.74) is 1.32. The lowest BCUT2D eigenvalue weighted by atomic mass is 9.82.